The topological polar surface area (TPSA) is 98.9 Å². The number of oxime groups is 1. The Hall–Kier alpha value is -3.35. The van der Waals surface area contributed by atoms with Gasteiger partial charge in [-0.05, 0) is 59.6 Å². The third-order valence-electron chi connectivity index (χ3n) is 7.92. The zero-order valence-corrected chi connectivity index (χ0v) is 22.0. The molecule has 0 bridgehead atoms. The maximum atomic E-state index is 13.8. The molecule has 0 amide bonds. The van der Waals surface area contributed by atoms with E-state index in [1.54, 1.807) is 12.1 Å². The lowest BCUT2D eigenvalue weighted by Gasteiger charge is -2.32. The number of hydrogen-bond acceptors (Lipinski definition) is 6. The Morgan fingerprint density at radius 2 is 1.62 bits per heavy atom. The van der Waals surface area contributed by atoms with Crippen LogP contribution in [0.5, 0.6) is 0 Å². The van der Waals surface area contributed by atoms with E-state index in [2.05, 4.69) is 19.0 Å². The SMILES string of the molecule is CCCC1(CCC)c2cc(C(=O)/C(CC3CCCCC3)=N/OC(C)=O)ccc2-c2ccc([N+](=O)[O-])cc21. The van der Waals surface area contributed by atoms with Gasteiger partial charge in [0.2, 0.25) is 5.78 Å². The Balaban J connectivity index is 1.78. The van der Waals surface area contributed by atoms with Gasteiger partial charge in [0, 0.05) is 30.0 Å². The van der Waals surface area contributed by atoms with Gasteiger partial charge in [-0.2, -0.15) is 0 Å². The van der Waals surface area contributed by atoms with E-state index < -0.39 is 11.4 Å². The molecule has 0 N–H and O–H groups in total. The van der Waals surface area contributed by atoms with Crippen LogP contribution in [0.15, 0.2) is 41.6 Å². The molecule has 1 saturated carbocycles. The average Bonchev–Trinajstić information content (AvgIpc) is 3.15. The van der Waals surface area contributed by atoms with E-state index >= 15 is 0 Å². The number of hydrogen-bond donors (Lipinski definition) is 0. The van der Waals surface area contributed by atoms with Crippen molar-refractivity contribution in [2.75, 3.05) is 0 Å². The van der Waals surface area contributed by atoms with Crippen LogP contribution in [-0.2, 0) is 15.0 Å². The third kappa shape index (κ3) is 5.36. The predicted molar refractivity (Wildman–Crippen MR) is 144 cm³/mol. The van der Waals surface area contributed by atoms with Crippen molar-refractivity contribution in [3.05, 3.63) is 63.2 Å². The van der Waals surface area contributed by atoms with Gasteiger partial charge in [0.05, 0.1) is 4.92 Å². The Labute approximate surface area is 218 Å². The number of carbonyl (C=O) groups excluding carboxylic acids is 2. The van der Waals surface area contributed by atoms with Crippen molar-refractivity contribution in [3.63, 3.8) is 0 Å². The molecule has 1 fully saturated rings. The lowest BCUT2D eigenvalue weighted by atomic mass is 9.71. The average molecular weight is 505 g/mol. The normalized spacial score (nSPS) is 16.7. The van der Waals surface area contributed by atoms with E-state index in [9.17, 15) is 19.7 Å². The third-order valence-corrected chi connectivity index (χ3v) is 7.92. The first-order chi connectivity index (χ1) is 17.8. The van der Waals surface area contributed by atoms with Crippen LogP contribution in [0.2, 0.25) is 0 Å². The molecule has 2 aromatic carbocycles. The number of nitro groups is 1. The monoisotopic (exact) mass is 504 g/mol. The molecule has 2 aliphatic rings. The van der Waals surface area contributed by atoms with Crippen molar-refractivity contribution in [2.45, 2.75) is 90.4 Å². The van der Waals surface area contributed by atoms with Gasteiger partial charge in [-0.25, -0.2) is 4.79 Å². The highest BCUT2D eigenvalue weighted by molar-refractivity contribution is 6.46. The zero-order valence-electron chi connectivity index (χ0n) is 22.0. The fourth-order valence-corrected chi connectivity index (χ4v) is 6.38. The largest absolute Gasteiger partial charge is 0.331 e. The first-order valence-corrected chi connectivity index (χ1v) is 13.5. The van der Waals surface area contributed by atoms with Crippen molar-refractivity contribution < 1.29 is 19.3 Å². The van der Waals surface area contributed by atoms with Crippen LogP contribution >= 0.6 is 0 Å². The van der Waals surface area contributed by atoms with Crippen LogP contribution in [0, 0.1) is 16.0 Å². The zero-order chi connectivity index (χ0) is 26.6. The van der Waals surface area contributed by atoms with Crippen LogP contribution < -0.4 is 0 Å². The summed E-state index contributed by atoms with van der Waals surface area (Å²) in [5.41, 5.74) is 4.52. The maximum Gasteiger partial charge on any atom is 0.331 e. The fourth-order valence-electron chi connectivity index (χ4n) is 6.38. The van der Waals surface area contributed by atoms with Gasteiger partial charge in [-0.1, -0.05) is 76.1 Å². The Morgan fingerprint density at radius 3 is 2.22 bits per heavy atom. The minimum Gasteiger partial charge on any atom is -0.318 e. The van der Waals surface area contributed by atoms with Crippen LogP contribution in [0.1, 0.15) is 106 Å². The molecule has 0 saturated heterocycles. The van der Waals surface area contributed by atoms with E-state index in [1.807, 2.05) is 24.3 Å². The van der Waals surface area contributed by atoms with Crippen molar-refractivity contribution in [3.8, 4) is 11.1 Å². The summed E-state index contributed by atoms with van der Waals surface area (Å²) < 4.78 is 0. The van der Waals surface area contributed by atoms with Crippen molar-refractivity contribution in [1.82, 2.24) is 0 Å². The van der Waals surface area contributed by atoms with Crippen LogP contribution in [0.4, 0.5) is 5.69 Å². The standard InChI is InChI=1S/C30H36N2O5/c1-4-15-30(16-5-2)26-18-22(11-13-24(26)25-14-12-23(32(35)36)19-27(25)30)29(34)28(31-37-20(3)33)17-21-9-7-6-8-10-21/h11-14,18-19,21H,4-10,15-17H2,1-3H3/b31-28+. The van der Waals surface area contributed by atoms with Gasteiger partial charge in [-0.3, -0.25) is 14.9 Å². The molecule has 0 atom stereocenters. The second-order valence-electron chi connectivity index (χ2n) is 10.5. The highest BCUT2D eigenvalue weighted by atomic mass is 16.7. The number of Topliss-reactive ketones (excluding diaryl/α,β-unsaturated/α-hetero) is 1. The number of fused-ring (bicyclic) bond motifs is 3. The number of nitro benzene ring substituents is 1. The molecule has 0 aromatic heterocycles. The molecule has 0 radical (unpaired) electrons. The highest BCUT2D eigenvalue weighted by Crippen LogP contribution is 2.54. The number of non-ortho nitro benzene ring substituents is 1. The molecular weight excluding hydrogens is 468 g/mol. The molecular formula is C30H36N2O5. The number of nitrogens with zero attached hydrogens (tertiary/aromatic N) is 2. The molecule has 0 spiro atoms. The molecule has 2 aromatic rings. The number of ketones is 1. The Morgan fingerprint density at radius 1 is 1.00 bits per heavy atom. The first kappa shape index (κ1) is 26.7. The highest BCUT2D eigenvalue weighted by Gasteiger charge is 2.43. The smallest absolute Gasteiger partial charge is 0.318 e. The van der Waals surface area contributed by atoms with E-state index in [4.69, 9.17) is 4.84 Å². The summed E-state index contributed by atoms with van der Waals surface area (Å²) in [4.78, 5) is 41.5. The molecule has 0 unspecified atom stereocenters. The minimum atomic E-state index is -0.551. The maximum absolute atomic E-state index is 13.8. The fraction of sp³-hybridized carbons (Fsp3) is 0.500. The lowest BCUT2D eigenvalue weighted by Crippen LogP contribution is -2.26. The molecule has 4 rings (SSSR count). The van der Waals surface area contributed by atoms with Crippen LogP contribution in [-0.4, -0.2) is 22.4 Å². The molecule has 7 heteroatoms. The lowest BCUT2D eigenvalue weighted by molar-refractivity contribution is -0.384. The molecule has 0 heterocycles. The van der Waals surface area contributed by atoms with E-state index in [0.29, 0.717) is 17.9 Å². The van der Waals surface area contributed by atoms with Gasteiger partial charge in [0.1, 0.15) is 5.71 Å². The molecule has 37 heavy (non-hydrogen) atoms. The summed E-state index contributed by atoms with van der Waals surface area (Å²) >= 11 is 0. The van der Waals surface area contributed by atoms with Gasteiger partial charge in [-0.15, -0.1) is 0 Å². The summed E-state index contributed by atoms with van der Waals surface area (Å²) in [7, 11) is 0. The summed E-state index contributed by atoms with van der Waals surface area (Å²) in [5.74, 6) is -0.422. The van der Waals surface area contributed by atoms with Crippen molar-refractivity contribution in [1.29, 1.82) is 0 Å². The summed E-state index contributed by atoms with van der Waals surface area (Å²) in [6.45, 7) is 5.52. The molecule has 196 valence electrons. The predicted octanol–water partition coefficient (Wildman–Crippen LogP) is 7.53. The van der Waals surface area contributed by atoms with Crippen LogP contribution in [0.25, 0.3) is 11.1 Å². The van der Waals surface area contributed by atoms with Crippen molar-refractivity contribution in [2.24, 2.45) is 11.1 Å². The first-order valence-electron chi connectivity index (χ1n) is 13.5. The number of rotatable bonds is 10. The Kier molecular flexibility index (Phi) is 8.20. The minimum absolute atomic E-state index is 0.0859. The molecule has 2 aliphatic carbocycles. The summed E-state index contributed by atoms with van der Waals surface area (Å²) in [5, 5.41) is 15.6. The summed E-state index contributed by atoms with van der Waals surface area (Å²) in [6.07, 6.45) is 9.53. The van der Waals surface area contributed by atoms with E-state index in [0.717, 1.165) is 73.6 Å². The second-order valence-corrected chi connectivity index (χ2v) is 10.5. The van der Waals surface area contributed by atoms with Gasteiger partial charge in [0.15, 0.2) is 0 Å². The molecule has 0 aliphatic heterocycles. The van der Waals surface area contributed by atoms with E-state index in [1.165, 1.54) is 13.3 Å². The quantitative estimate of drug-likeness (QED) is 0.109. The van der Waals surface area contributed by atoms with Gasteiger partial charge in [0.25, 0.3) is 5.69 Å². The second kappa shape index (κ2) is 11.4. The number of benzene rings is 2. The molecule has 7 nitrogen and oxygen atoms in total. The summed E-state index contributed by atoms with van der Waals surface area (Å²) in [6, 6.07) is 10.9. The van der Waals surface area contributed by atoms with E-state index in [-0.39, 0.29) is 22.1 Å². The van der Waals surface area contributed by atoms with Crippen LogP contribution in [0.3, 0.4) is 0 Å². The van der Waals surface area contributed by atoms with Gasteiger partial charge < -0.3 is 4.84 Å². The van der Waals surface area contributed by atoms with Crippen molar-refractivity contribution >= 4 is 23.2 Å². The number of carbonyl (C=O) groups is 2. The Bertz CT molecular complexity index is 1220. The van der Waals surface area contributed by atoms with Gasteiger partial charge >= 0.3 is 5.97 Å².